The fourth-order valence-corrected chi connectivity index (χ4v) is 5.40. The molecule has 3 fully saturated rings. The van der Waals surface area contributed by atoms with E-state index < -0.39 is 0 Å². The maximum absolute atomic E-state index is 13.0. The molecule has 180 valence electrons. The largest absolute Gasteiger partial charge is 0.497 e. The third-order valence-electron chi connectivity index (χ3n) is 7.26. The summed E-state index contributed by atoms with van der Waals surface area (Å²) < 4.78 is 10.6. The first kappa shape index (κ1) is 22.6. The lowest BCUT2D eigenvalue weighted by Gasteiger charge is -2.46. The van der Waals surface area contributed by atoms with Crippen LogP contribution < -0.4 is 31.1 Å². The fraction of sp³-hybridized carbons (Fsp3) is 0.440. The van der Waals surface area contributed by atoms with E-state index >= 15 is 0 Å². The van der Waals surface area contributed by atoms with Gasteiger partial charge in [0.2, 0.25) is 11.8 Å². The average molecular weight is 466 g/mol. The first-order valence-electron chi connectivity index (χ1n) is 11.7. The Balaban J connectivity index is 1.26. The van der Waals surface area contributed by atoms with Crippen LogP contribution in [0.1, 0.15) is 36.4 Å². The number of para-hydroxylation sites is 1. The van der Waals surface area contributed by atoms with Gasteiger partial charge in [0.05, 0.1) is 26.2 Å². The van der Waals surface area contributed by atoms with Gasteiger partial charge < -0.3 is 20.1 Å². The smallest absolute Gasteiger partial charge is 0.226 e. The Morgan fingerprint density at radius 1 is 1.09 bits per heavy atom. The number of nitrogens with one attached hydrogen (secondary N) is 4. The normalized spacial score (nSPS) is 28.4. The minimum Gasteiger partial charge on any atom is -0.497 e. The summed E-state index contributed by atoms with van der Waals surface area (Å²) in [5, 5.41) is 8.33. The number of methoxy groups -OCH3 is 2. The maximum atomic E-state index is 13.0. The molecule has 2 aromatic carbocycles. The van der Waals surface area contributed by atoms with Gasteiger partial charge >= 0.3 is 0 Å². The Labute approximate surface area is 199 Å². The number of rotatable bonds is 6. The highest BCUT2D eigenvalue weighted by atomic mass is 16.5. The number of benzene rings is 2. The molecule has 2 amide bonds. The lowest BCUT2D eigenvalue weighted by molar-refractivity contribution is -0.143. The quantitative estimate of drug-likeness (QED) is 0.514. The zero-order chi connectivity index (χ0) is 23.7. The third-order valence-corrected chi connectivity index (χ3v) is 7.26. The fourth-order valence-electron chi connectivity index (χ4n) is 5.40. The number of carbonyl (C=O) groups excluding carboxylic acids is 2. The van der Waals surface area contributed by atoms with Crippen LogP contribution in [0, 0.1) is 11.8 Å². The molecule has 5 rings (SSSR count). The number of hydrazine groups is 2. The van der Waals surface area contributed by atoms with Gasteiger partial charge in [-0.1, -0.05) is 30.3 Å². The van der Waals surface area contributed by atoms with Crippen LogP contribution in [-0.4, -0.2) is 43.3 Å². The summed E-state index contributed by atoms with van der Waals surface area (Å²) in [5.74, 6) is 1.33. The van der Waals surface area contributed by atoms with Crippen LogP contribution in [0.5, 0.6) is 11.5 Å². The monoisotopic (exact) mass is 465 g/mol. The average Bonchev–Trinajstić information content (AvgIpc) is 3.31. The molecule has 1 aliphatic carbocycles. The Hall–Kier alpha value is -3.14. The topological polar surface area (TPSA) is 104 Å². The van der Waals surface area contributed by atoms with Crippen molar-refractivity contribution in [3.63, 3.8) is 0 Å². The lowest BCUT2D eigenvalue weighted by atomic mass is 9.75. The molecular formula is C25H31N5O4. The summed E-state index contributed by atoms with van der Waals surface area (Å²) >= 11 is 0. The van der Waals surface area contributed by atoms with Gasteiger partial charge in [-0.2, -0.15) is 5.53 Å². The molecule has 1 saturated carbocycles. The molecule has 2 saturated heterocycles. The molecule has 9 heteroatoms. The zero-order valence-corrected chi connectivity index (χ0v) is 19.4. The van der Waals surface area contributed by atoms with E-state index in [0.29, 0.717) is 25.8 Å². The Morgan fingerprint density at radius 3 is 2.65 bits per heavy atom. The van der Waals surface area contributed by atoms with Gasteiger partial charge in [0.25, 0.3) is 0 Å². The van der Waals surface area contributed by atoms with E-state index in [1.807, 2.05) is 48.5 Å². The van der Waals surface area contributed by atoms with Crippen LogP contribution >= 0.6 is 0 Å². The predicted molar refractivity (Wildman–Crippen MR) is 125 cm³/mol. The van der Waals surface area contributed by atoms with E-state index in [2.05, 4.69) is 26.6 Å². The number of nitrogens with zero attached hydrogens (tertiary/aromatic N) is 1. The molecule has 2 aliphatic heterocycles. The summed E-state index contributed by atoms with van der Waals surface area (Å²) in [6.07, 6.45) is 1.76. The molecular weight excluding hydrogens is 434 g/mol. The molecule has 2 aromatic rings. The zero-order valence-electron chi connectivity index (χ0n) is 19.4. The molecule has 34 heavy (non-hydrogen) atoms. The van der Waals surface area contributed by atoms with E-state index in [0.717, 1.165) is 22.6 Å². The van der Waals surface area contributed by atoms with Gasteiger partial charge in [0, 0.05) is 24.1 Å². The van der Waals surface area contributed by atoms with Crippen LogP contribution in [-0.2, 0) is 16.1 Å². The van der Waals surface area contributed by atoms with Gasteiger partial charge in [0.1, 0.15) is 17.7 Å². The predicted octanol–water partition coefficient (Wildman–Crippen LogP) is 1.63. The molecule has 4 N–H and O–H groups in total. The van der Waals surface area contributed by atoms with Gasteiger partial charge in [-0.25, -0.2) is 10.4 Å². The van der Waals surface area contributed by atoms with E-state index in [-0.39, 0.29) is 41.9 Å². The maximum Gasteiger partial charge on any atom is 0.226 e. The van der Waals surface area contributed by atoms with Crippen molar-refractivity contribution in [2.75, 3.05) is 14.2 Å². The molecule has 9 nitrogen and oxygen atoms in total. The van der Waals surface area contributed by atoms with E-state index in [1.165, 1.54) is 0 Å². The summed E-state index contributed by atoms with van der Waals surface area (Å²) in [6.45, 7) is 0.416. The van der Waals surface area contributed by atoms with E-state index in [4.69, 9.17) is 9.47 Å². The number of ether oxygens (including phenoxy) is 2. The number of fused-ring (bicyclic) bond motifs is 3. The van der Waals surface area contributed by atoms with Crippen LogP contribution in [0.15, 0.2) is 48.5 Å². The molecule has 0 spiro atoms. The highest BCUT2D eigenvalue weighted by Gasteiger charge is 2.51. The lowest BCUT2D eigenvalue weighted by Crippen LogP contribution is -2.65. The second-order valence-electron chi connectivity index (χ2n) is 9.08. The van der Waals surface area contributed by atoms with Crippen molar-refractivity contribution in [3.05, 3.63) is 59.7 Å². The molecule has 0 radical (unpaired) electrons. The van der Waals surface area contributed by atoms with Crippen LogP contribution in [0.4, 0.5) is 0 Å². The minimum absolute atomic E-state index is 0.0192. The summed E-state index contributed by atoms with van der Waals surface area (Å²) in [5.41, 5.74) is 8.58. The van der Waals surface area contributed by atoms with Crippen molar-refractivity contribution in [2.45, 2.75) is 44.1 Å². The Morgan fingerprint density at radius 2 is 1.88 bits per heavy atom. The highest BCUT2D eigenvalue weighted by Crippen LogP contribution is 2.39. The summed E-state index contributed by atoms with van der Waals surface area (Å²) in [6, 6.07) is 15.3. The molecule has 0 aromatic heterocycles. The van der Waals surface area contributed by atoms with E-state index in [1.54, 1.807) is 14.2 Å². The SMILES string of the molecule is COc1ccc(C2NNN3C4CC(C(=O)NCc5ccccc5OC)CCC4C(=O)NC23)cc1. The minimum atomic E-state index is -0.238. The first-order chi connectivity index (χ1) is 16.6. The third kappa shape index (κ3) is 4.22. The van der Waals surface area contributed by atoms with Gasteiger partial charge in [-0.05, 0) is 43.0 Å². The first-order valence-corrected chi connectivity index (χ1v) is 11.7. The number of hydrogen-bond donors (Lipinski definition) is 4. The Kier molecular flexibility index (Phi) is 6.40. The number of carbonyl (C=O) groups is 2. The van der Waals surface area contributed by atoms with Crippen molar-refractivity contribution in [3.8, 4) is 11.5 Å². The van der Waals surface area contributed by atoms with Crippen molar-refractivity contribution in [1.82, 2.24) is 26.6 Å². The van der Waals surface area contributed by atoms with Crippen molar-refractivity contribution in [2.24, 2.45) is 11.8 Å². The highest BCUT2D eigenvalue weighted by molar-refractivity contribution is 5.83. The second-order valence-corrected chi connectivity index (χ2v) is 9.08. The second kappa shape index (κ2) is 9.61. The molecule has 0 bridgehead atoms. The van der Waals surface area contributed by atoms with Crippen molar-refractivity contribution >= 4 is 11.8 Å². The summed E-state index contributed by atoms with van der Waals surface area (Å²) in [4.78, 5) is 26.0. The van der Waals surface area contributed by atoms with Gasteiger partial charge in [-0.15, -0.1) is 0 Å². The Bertz CT molecular complexity index is 1050. The van der Waals surface area contributed by atoms with Crippen molar-refractivity contribution in [1.29, 1.82) is 0 Å². The molecule has 5 atom stereocenters. The molecule has 3 aliphatic rings. The number of amides is 2. The van der Waals surface area contributed by atoms with Crippen LogP contribution in [0.3, 0.4) is 0 Å². The van der Waals surface area contributed by atoms with Crippen LogP contribution in [0.2, 0.25) is 0 Å². The number of hydrogen-bond acceptors (Lipinski definition) is 7. The van der Waals surface area contributed by atoms with Crippen LogP contribution in [0.25, 0.3) is 0 Å². The van der Waals surface area contributed by atoms with E-state index in [9.17, 15) is 9.59 Å². The van der Waals surface area contributed by atoms with Gasteiger partial charge in [0.15, 0.2) is 0 Å². The standard InChI is InChI=1S/C25H31N5O4/c1-33-18-10-7-15(8-11-18)22-23-27-25(32)19-12-9-16(13-20(19)30(23)29-28-22)24(31)26-14-17-5-3-4-6-21(17)34-2/h3-8,10-11,16,19-20,22-23,28-29H,9,12-14H2,1-2H3,(H,26,31)(H,27,32). The summed E-state index contributed by atoms with van der Waals surface area (Å²) in [7, 11) is 3.27. The van der Waals surface area contributed by atoms with Crippen molar-refractivity contribution < 1.29 is 19.1 Å². The van der Waals surface area contributed by atoms with Gasteiger partial charge in [-0.3, -0.25) is 9.59 Å². The molecule has 2 heterocycles. The molecule has 5 unspecified atom stereocenters.